The summed E-state index contributed by atoms with van der Waals surface area (Å²) in [4.78, 5) is 88.9. The molecule has 20 nitrogen and oxygen atoms in total. The molecule has 1 unspecified atom stereocenters. The largest absolute Gasteiger partial charge is 0.475 e. The average molecular weight is 841 g/mol. The molecule has 2 aromatic rings. The molecule has 2 aromatic carbocycles. The van der Waals surface area contributed by atoms with Gasteiger partial charge < -0.3 is 69.6 Å². The van der Waals surface area contributed by atoms with Crippen LogP contribution in [0.3, 0.4) is 0 Å². The molecule has 2 rings (SSSR count). The summed E-state index contributed by atoms with van der Waals surface area (Å²) in [6.07, 6.45) is 0.137. The third kappa shape index (κ3) is 18.5. The molecular weight excluding hydrogens is 779 g/mol. The van der Waals surface area contributed by atoms with Crippen LogP contribution in [0.1, 0.15) is 77.7 Å². The monoisotopic (exact) mass is 840 g/mol. The Balaban J connectivity index is 1.96. The molecule has 0 aromatic heterocycles. The second-order valence-corrected chi connectivity index (χ2v) is 14.4. The lowest BCUT2D eigenvalue weighted by Crippen LogP contribution is -2.63. The van der Waals surface area contributed by atoms with Crippen LogP contribution in [0.4, 0.5) is 10.5 Å². The van der Waals surface area contributed by atoms with Crippen LogP contribution in [-0.4, -0.2) is 113 Å². The Labute approximate surface area is 350 Å². The summed E-state index contributed by atoms with van der Waals surface area (Å²) < 4.78 is 0. The van der Waals surface area contributed by atoms with Crippen molar-refractivity contribution in [3.05, 3.63) is 54.1 Å². The number of hydrogen-bond donors (Lipinski definition) is 13. The normalized spacial score (nSPS) is 13.9. The number of amides is 8. The molecule has 0 saturated heterocycles. The van der Waals surface area contributed by atoms with Crippen molar-refractivity contribution in [1.82, 2.24) is 31.9 Å². The molecular formula is C39H61BN10O10. The van der Waals surface area contributed by atoms with Crippen molar-refractivity contribution in [2.45, 2.75) is 115 Å². The van der Waals surface area contributed by atoms with E-state index in [1.54, 1.807) is 12.1 Å². The van der Waals surface area contributed by atoms with E-state index in [1.807, 2.05) is 12.1 Å². The van der Waals surface area contributed by atoms with Gasteiger partial charge in [0, 0.05) is 25.1 Å². The second kappa shape index (κ2) is 26.5. The first-order valence-corrected chi connectivity index (χ1v) is 20.0. The molecule has 0 fully saturated rings. The van der Waals surface area contributed by atoms with Gasteiger partial charge >= 0.3 is 13.1 Å². The number of urea groups is 1. The minimum atomic E-state index is -1.93. The Morgan fingerprint density at radius 1 is 0.717 bits per heavy atom. The molecule has 0 aliphatic heterocycles. The Bertz CT molecular complexity index is 1720. The maximum Gasteiger partial charge on any atom is 0.475 e. The number of aliphatic hydroxyl groups is 1. The van der Waals surface area contributed by atoms with E-state index in [9.17, 15) is 48.7 Å². The maximum absolute atomic E-state index is 13.4. The number of hydrogen-bond acceptors (Lipinski definition) is 12. The zero-order chi connectivity index (χ0) is 44.8. The van der Waals surface area contributed by atoms with Crippen LogP contribution >= 0.6 is 0 Å². The SMILES string of the molecule is CCCCc1ccc(-c2ccc(NC(=O)NCCC(=O)N[C@@H](CCCCN)C(=O)N[C@H](C(=O)N[C@@H](N)C(=O)N[C@@H](CCC(N)=O)C(=O)N[C@@H](C)B(O)O)C(C)O)cc2)cc1. The molecule has 0 radical (unpaired) electrons. The van der Waals surface area contributed by atoms with Gasteiger partial charge in [-0.05, 0) is 87.7 Å². The van der Waals surface area contributed by atoms with Gasteiger partial charge in [0.15, 0.2) is 6.17 Å². The minimum absolute atomic E-state index is 0.0800. The third-order valence-corrected chi connectivity index (χ3v) is 9.26. The molecule has 0 aliphatic rings. The molecule has 0 bridgehead atoms. The van der Waals surface area contributed by atoms with E-state index in [1.165, 1.54) is 19.4 Å². The van der Waals surface area contributed by atoms with E-state index in [4.69, 9.17) is 17.2 Å². The highest BCUT2D eigenvalue weighted by molar-refractivity contribution is 6.43. The summed E-state index contributed by atoms with van der Waals surface area (Å²) in [6.45, 7) is 4.85. The number of carbonyl (C=O) groups excluding carboxylic acids is 7. The van der Waals surface area contributed by atoms with E-state index in [2.05, 4.69) is 68.4 Å². The van der Waals surface area contributed by atoms with E-state index in [-0.39, 0.29) is 32.2 Å². The van der Waals surface area contributed by atoms with Crippen molar-refractivity contribution in [3.63, 3.8) is 0 Å². The molecule has 330 valence electrons. The zero-order valence-electron chi connectivity index (χ0n) is 34.4. The quantitative estimate of drug-likeness (QED) is 0.0288. The smallest absolute Gasteiger partial charge is 0.426 e. The van der Waals surface area contributed by atoms with Gasteiger partial charge in [0.25, 0.3) is 5.91 Å². The minimum Gasteiger partial charge on any atom is -0.426 e. The molecule has 0 aliphatic carbocycles. The van der Waals surface area contributed by atoms with Crippen molar-refractivity contribution >= 4 is 54.3 Å². The first-order valence-electron chi connectivity index (χ1n) is 20.0. The van der Waals surface area contributed by atoms with Gasteiger partial charge in [-0.25, -0.2) is 4.79 Å². The van der Waals surface area contributed by atoms with Crippen LogP contribution in [0.15, 0.2) is 48.5 Å². The van der Waals surface area contributed by atoms with Crippen molar-refractivity contribution in [2.75, 3.05) is 18.4 Å². The van der Waals surface area contributed by atoms with Gasteiger partial charge in [-0.1, -0.05) is 49.7 Å². The molecule has 21 heteroatoms. The lowest BCUT2D eigenvalue weighted by molar-refractivity contribution is -0.136. The summed E-state index contributed by atoms with van der Waals surface area (Å²) in [6, 6.07) is 10.8. The first-order chi connectivity index (χ1) is 28.4. The van der Waals surface area contributed by atoms with Gasteiger partial charge in [-0.15, -0.1) is 0 Å². The lowest BCUT2D eigenvalue weighted by Gasteiger charge is -2.26. The topological polar surface area (TPSA) is 342 Å². The molecule has 6 atom stereocenters. The number of rotatable bonds is 26. The van der Waals surface area contributed by atoms with E-state index in [0.29, 0.717) is 25.1 Å². The van der Waals surface area contributed by atoms with Crippen molar-refractivity contribution in [3.8, 4) is 11.1 Å². The number of unbranched alkanes of at least 4 members (excludes halogenated alkanes) is 2. The van der Waals surface area contributed by atoms with E-state index >= 15 is 0 Å². The van der Waals surface area contributed by atoms with Gasteiger partial charge in [-0.2, -0.15) is 0 Å². The number of benzene rings is 2. The third-order valence-electron chi connectivity index (χ3n) is 9.26. The number of primary amides is 1. The molecule has 16 N–H and O–H groups in total. The Morgan fingerprint density at radius 3 is 1.88 bits per heavy atom. The maximum atomic E-state index is 13.4. The predicted octanol–water partition coefficient (Wildman–Crippen LogP) is -1.64. The Kier molecular flexibility index (Phi) is 22.3. The van der Waals surface area contributed by atoms with Crippen LogP contribution in [0.5, 0.6) is 0 Å². The fraction of sp³-hybridized carbons (Fsp3) is 0.513. The molecule has 8 amide bonds. The number of carbonyl (C=O) groups is 7. The van der Waals surface area contributed by atoms with E-state index < -0.39 is 84.9 Å². The lowest BCUT2D eigenvalue weighted by atomic mass is 9.81. The molecule has 0 spiro atoms. The van der Waals surface area contributed by atoms with Crippen LogP contribution in [0.25, 0.3) is 11.1 Å². The highest BCUT2D eigenvalue weighted by Crippen LogP contribution is 2.22. The summed E-state index contributed by atoms with van der Waals surface area (Å²) in [5.74, 6) is -6.48. The number of nitrogens with one attached hydrogen (secondary N) is 7. The van der Waals surface area contributed by atoms with Crippen LogP contribution < -0.4 is 54.4 Å². The highest BCUT2D eigenvalue weighted by atomic mass is 16.4. The van der Waals surface area contributed by atoms with Crippen molar-refractivity contribution in [2.24, 2.45) is 17.2 Å². The fourth-order valence-electron chi connectivity index (χ4n) is 5.67. The number of aryl methyl sites for hydroxylation is 1. The zero-order valence-corrected chi connectivity index (χ0v) is 34.4. The summed E-state index contributed by atoms with van der Waals surface area (Å²) >= 11 is 0. The predicted molar refractivity (Wildman–Crippen MR) is 225 cm³/mol. The van der Waals surface area contributed by atoms with Gasteiger partial charge in [0.2, 0.25) is 29.5 Å². The van der Waals surface area contributed by atoms with Crippen LogP contribution in [-0.2, 0) is 35.2 Å². The number of nitrogens with two attached hydrogens (primary N) is 3. The molecule has 60 heavy (non-hydrogen) atoms. The molecule has 0 saturated carbocycles. The summed E-state index contributed by atoms with van der Waals surface area (Å²) in [5, 5.41) is 45.9. The Morgan fingerprint density at radius 2 is 1.32 bits per heavy atom. The van der Waals surface area contributed by atoms with Crippen molar-refractivity contribution < 1.29 is 48.7 Å². The van der Waals surface area contributed by atoms with Crippen molar-refractivity contribution in [1.29, 1.82) is 0 Å². The van der Waals surface area contributed by atoms with Gasteiger partial charge in [0.1, 0.15) is 18.1 Å². The standard InChI is InChI=1S/C39H61BN10O10/c1-4-5-8-25-10-12-26(13-11-25)27-14-16-28(17-15-27)46-39(58)44-22-20-32(53)47-29(9-6-7-21-41)36(55)49-33(23(2)51)37(56)50-34(43)38(57)48-30(18-19-31(42)52)35(54)45-24(3)40(59)60/h10-17,23-24,29-30,33-34,51,59-60H,4-9,18-22,41,43H2,1-3H3,(H2,42,52)(H,45,54)(H,47,53)(H,48,57)(H,49,55)(H,50,56)(H2,44,46,58)/t23?,24-,29-,30-,33-,34+/m0/s1. The van der Waals surface area contributed by atoms with Gasteiger partial charge in [0.05, 0.1) is 12.0 Å². The average Bonchev–Trinajstić information content (AvgIpc) is 3.20. The highest BCUT2D eigenvalue weighted by Gasteiger charge is 2.33. The van der Waals surface area contributed by atoms with Crippen LogP contribution in [0, 0.1) is 0 Å². The number of anilines is 1. The Hall–Kier alpha value is -5.61. The van der Waals surface area contributed by atoms with E-state index in [0.717, 1.165) is 30.4 Å². The second-order valence-electron chi connectivity index (χ2n) is 14.4. The first kappa shape index (κ1) is 50.5. The number of aliphatic hydroxyl groups excluding tert-OH is 1. The molecule has 0 heterocycles. The van der Waals surface area contributed by atoms with Crippen LogP contribution in [0.2, 0.25) is 0 Å². The summed E-state index contributed by atoms with van der Waals surface area (Å²) in [5.41, 5.74) is 20.5. The summed E-state index contributed by atoms with van der Waals surface area (Å²) in [7, 11) is -1.93. The fourth-order valence-corrected chi connectivity index (χ4v) is 5.67. The van der Waals surface area contributed by atoms with Gasteiger partial charge in [-0.3, -0.25) is 28.8 Å².